The smallest absolute Gasteiger partial charge is 0.337 e. The lowest BCUT2D eigenvalue weighted by Crippen LogP contribution is -2.35. The van der Waals surface area contributed by atoms with Crippen LogP contribution in [0.15, 0.2) is 72.8 Å². The van der Waals surface area contributed by atoms with E-state index in [2.05, 4.69) is 10.6 Å². The van der Waals surface area contributed by atoms with Crippen molar-refractivity contribution >= 4 is 46.1 Å². The molecule has 0 aliphatic carbocycles. The second-order valence-electron chi connectivity index (χ2n) is 8.97. The van der Waals surface area contributed by atoms with Crippen molar-refractivity contribution < 1.29 is 19.1 Å². The van der Waals surface area contributed by atoms with Crippen molar-refractivity contribution in [3.63, 3.8) is 0 Å². The monoisotopic (exact) mass is 498 g/mol. The molecule has 0 bridgehead atoms. The molecule has 3 aromatic carbocycles. The molecule has 2 amide bonds. The third-order valence-electron chi connectivity index (χ3n) is 6.10. The fourth-order valence-electron chi connectivity index (χ4n) is 4.19. The van der Waals surface area contributed by atoms with E-state index in [-0.39, 0.29) is 11.8 Å². The SMILES string of the molecule is COC(=O)c1ccc2c(c1)NC(=O)/C2=C(\Nc1ccc(N(CCN(C)C)C(C)=O)cc1)c1ccccc1. The number of nitrogens with zero attached hydrogens (tertiary/aromatic N) is 2. The molecule has 37 heavy (non-hydrogen) atoms. The lowest BCUT2D eigenvalue weighted by Gasteiger charge is -2.23. The highest BCUT2D eigenvalue weighted by atomic mass is 16.5. The number of anilines is 3. The molecule has 1 heterocycles. The van der Waals surface area contributed by atoms with Crippen molar-refractivity contribution in [2.24, 2.45) is 0 Å². The Labute approximate surface area is 216 Å². The van der Waals surface area contributed by atoms with Gasteiger partial charge in [0.2, 0.25) is 5.91 Å². The first-order valence-electron chi connectivity index (χ1n) is 11.9. The van der Waals surface area contributed by atoms with Gasteiger partial charge in [-0.2, -0.15) is 0 Å². The summed E-state index contributed by atoms with van der Waals surface area (Å²) in [6.45, 7) is 2.89. The molecule has 1 aliphatic rings. The third-order valence-corrected chi connectivity index (χ3v) is 6.10. The minimum atomic E-state index is -0.471. The van der Waals surface area contributed by atoms with E-state index in [9.17, 15) is 14.4 Å². The van der Waals surface area contributed by atoms with Crippen molar-refractivity contribution in [2.75, 3.05) is 49.8 Å². The average Bonchev–Trinajstić information content (AvgIpc) is 3.22. The van der Waals surface area contributed by atoms with Gasteiger partial charge in [0, 0.05) is 37.0 Å². The molecule has 0 unspecified atom stereocenters. The Morgan fingerprint density at radius 1 is 0.919 bits per heavy atom. The van der Waals surface area contributed by atoms with Gasteiger partial charge in [-0.15, -0.1) is 0 Å². The Morgan fingerprint density at radius 2 is 1.62 bits per heavy atom. The van der Waals surface area contributed by atoms with Gasteiger partial charge in [-0.3, -0.25) is 9.59 Å². The molecular formula is C29H30N4O4. The minimum Gasteiger partial charge on any atom is -0.465 e. The van der Waals surface area contributed by atoms with E-state index in [4.69, 9.17) is 4.74 Å². The summed E-state index contributed by atoms with van der Waals surface area (Å²) in [6.07, 6.45) is 0. The van der Waals surface area contributed by atoms with Gasteiger partial charge in [0.15, 0.2) is 0 Å². The summed E-state index contributed by atoms with van der Waals surface area (Å²) in [5.41, 5.74) is 5.09. The molecule has 0 spiro atoms. The van der Waals surface area contributed by atoms with Crippen LogP contribution in [0.3, 0.4) is 0 Å². The Morgan fingerprint density at radius 3 is 2.24 bits per heavy atom. The van der Waals surface area contributed by atoms with Crippen molar-refractivity contribution in [1.82, 2.24) is 4.90 Å². The van der Waals surface area contributed by atoms with E-state index in [1.54, 1.807) is 30.0 Å². The van der Waals surface area contributed by atoms with E-state index in [1.165, 1.54) is 7.11 Å². The van der Waals surface area contributed by atoms with E-state index in [1.807, 2.05) is 73.6 Å². The fourth-order valence-corrected chi connectivity index (χ4v) is 4.19. The molecule has 0 saturated heterocycles. The zero-order chi connectivity index (χ0) is 26.5. The summed E-state index contributed by atoms with van der Waals surface area (Å²) in [5, 5.41) is 6.29. The van der Waals surface area contributed by atoms with E-state index in [0.717, 1.165) is 23.5 Å². The number of esters is 1. The van der Waals surface area contributed by atoms with Gasteiger partial charge in [0.1, 0.15) is 0 Å². The number of likely N-dealkylation sites (N-methyl/N-ethyl adjacent to an activating group) is 1. The maximum Gasteiger partial charge on any atom is 0.337 e. The summed E-state index contributed by atoms with van der Waals surface area (Å²) in [6, 6.07) is 22.1. The Balaban J connectivity index is 1.72. The van der Waals surface area contributed by atoms with Crippen molar-refractivity contribution in [1.29, 1.82) is 0 Å². The summed E-state index contributed by atoms with van der Waals surface area (Å²) in [5.74, 6) is -0.771. The lowest BCUT2D eigenvalue weighted by molar-refractivity contribution is -0.116. The first-order valence-corrected chi connectivity index (χ1v) is 11.9. The van der Waals surface area contributed by atoms with Crippen LogP contribution in [-0.4, -0.2) is 57.0 Å². The molecule has 0 atom stereocenters. The zero-order valence-corrected chi connectivity index (χ0v) is 21.4. The van der Waals surface area contributed by atoms with E-state index < -0.39 is 5.97 Å². The highest BCUT2D eigenvalue weighted by Gasteiger charge is 2.29. The number of rotatable bonds is 8. The number of hydrogen-bond acceptors (Lipinski definition) is 6. The summed E-state index contributed by atoms with van der Waals surface area (Å²) >= 11 is 0. The summed E-state index contributed by atoms with van der Waals surface area (Å²) in [4.78, 5) is 41.1. The number of methoxy groups -OCH3 is 1. The van der Waals surface area contributed by atoms with Gasteiger partial charge >= 0.3 is 5.97 Å². The number of amides is 2. The summed E-state index contributed by atoms with van der Waals surface area (Å²) < 4.78 is 4.81. The zero-order valence-electron chi connectivity index (χ0n) is 21.4. The average molecular weight is 499 g/mol. The molecule has 4 rings (SSSR count). The number of carbonyl (C=O) groups excluding carboxylic acids is 3. The highest BCUT2D eigenvalue weighted by molar-refractivity contribution is 6.37. The predicted molar refractivity (Wildman–Crippen MR) is 146 cm³/mol. The number of fused-ring (bicyclic) bond motifs is 1. The van der Waals surface area contributed by atoms with Crippen LogP contribution < -0.4 is 15.5 Å². The molecule has 0 saturated carbocycles. The molecule has 2 N–H and O–H groups in total. The van der Waals surface area contributed by atoms with Gasteiger partial charge in [0.05, 0.1) is 29.6 Å². The number of carbonyl (C=O) groups is 3. The topological polar surface area (TPSA) is 91.0 Å². The molecule has 0 aromatic heterocycles. The van der Waals surface area contributed by atoms with E-state index >= 15 is 0 Å². The van der Waals surface area contributed by atoms with Gasteiger partial charge < -0.3 is 25.2 Å². The van der Waals surface area contributed by atoms with Crippen molar-refractivity contribution in [3.8, 4) is 0 Å². The normalized spacial score (nSPS) is 13.6. The number of nitrogens with one attached hydrogen (secondary N) is 2. The van der Waals surface area contributed by atoms with Crippen LogP contribution in [0.1, 0.15) is 28.4 Å². The molecular weight excluding hydrogens is 468 g/mol. The van der Waals surface area contributed by atoms with Crippen LogP contribution in [0.5, 0.6) is 0 Å². The molecule has 8 heteroatoms. The van der Waals surface area contributed by atoms with E-state index in [0.29, 0.717) is 34.6 Å². The molecule has 0 fully saturated rings. The van der Waals surface area contributed by atoms with Crippen LogP contribution in [0.25, 0.3) is 11.3 Å². The van der Waals surface area contributed by atoms with Crippen LogP contribution >= 0.6 is 0 Å². The van der Waals surface area contributed by atoms with Gasteiger partial charge in [0.25, 0.3) is 5.91 Å². The third kappa shape index (κ3) is 5.70. The van der Waals surface area contributed by atoms with Crippen LogP contribution in [0.4, 0.5) is 17.1 Å². The second kappa shape index (κ2) is 11.1. The maximum atomic E-state index is 13.2. The number of hydrogen-bond donors (Lipinski definition) is 2. The standard InChI is InChI=1S/C29H30N4O4/c1-19(34)33(17-16-32(2)3)23-13-11-22(12-14-23)30-27(20-8-6-5-7-9-20)26-24-15-10-21(29(36)37-4)18-25(24)31-28(26)35/h5-15,18,30H,16-17H2,1-4H3,(H,31,35)/b27-26-. The van der Waals surface area contributed by atoms with Crippen LogP contribution in [0, 0.1) is 0 Å². The molecule has 8 nitrogen and oxygen atoms in total. The number of ether oxygens (including phenoxy) is 1. The van der Waals surface area contributed by atoms with Gasteiger partial charge in [-0.1, -0.05) is 36.4 Å². The first-order chi connectivity index (χ1) is 17.8. The van der Waals surface area contributed by atoms with Crippen LogP contribution in [-0.2, 0) is 14.3 Å². The minimum absolute atomic E-state index is 0.0276. The molecule has 1 aliphatic heterocycles. The largest absolute Gasteiger partial charge is 0.465 e. The van der Waals surface area contributed by atoms with Crippen molar-refractivity contribution in [2.45, 2.75) is 6.92 Å². The Hall–Kier alpha value is -4.43. The lowest BCUT2D eigenvalue weighted by atomic mass is 9.99. The molecule has 0 radical (unpaired) electrons. The quantitative estimate of drug-likeness (QED) is 0.355. The predicted octanol–water partition coefficient (Wildman–Crippen LogP) is 4.32. The Kier molecular flexibility index (Phi) is 7.69. The highest BCUT2D eigenvalue weighted by Crippen LogP contribution is 2.38. The fraction of sp³-hybridized carbons (Fsp3) is 0.207. The number of benzene rings is 3. The maximum absolute atomic E-state index is 13.2. The molecule has 190 valence electrons. The Bertz CT molecular complexity index is 1350. The van der Waals surface area contributed by atoms with Gasteiger partial charge in [-0.05, 0) is 56.1 Å². The van der Waals surface area contributed by atoms with Crippen LogP contribution in [0.2, 0.25) is 0 Å². The van der Waals surface area contributed by atoms with Gasteiger partial charge in [-0.25, -0.2) is 4.79 Å². The second-order valence-corrected chi connectivity index (χ2v) is 8.97. The molecule has 3 aromatic rings. The summed E-state index contributed by atoms with van der Waals surface area (Å²) in [7, 11) is 5.26. The van der Waals surface area contributed by atoms with Crippen molar-refractivity contribution in [3.05, 3.63) is 89.5 Å². The first kappa shape index (κ1) is 25.7.